The summed E-state index contributed by atoms with van der Waals surface area (Å²) in [6, 6.07) is 6.50. The number of anilines is 1. The summed E-state index contributed by atoms with van der Waals surface area (Å²) < 4.78 is 31.0. The van der Waals surface area contributed by atoms with Gasteiger partial charge in [0.25, 0.3) is 0 Å². The molecule has 1 atom stereocenters. The van der Waals surface area contributed by atoms with Crippen LogP contribution in [0, 0.1) is 0 Å². The Kier molecular flexibility index (Phi) is 4.03. The predicted molar refractivity (Wildman–Crippen MR) is 71.8 cm³/mol. The third-order valence-corrected chi connectivity index (χ3v) is 3.82. The maximum atomic E-state index is 11.2. The SMILES string of the molecule is CC1(OP(=O)(O)O)/C(=C/OP(=O)(O)O)Nc2ccccc21. The molecule has 0 fully saturated rings. The number of rotatable bonds is 4. The molecule has 0 radical (unpaired) electrons. The Labute approximate surface area is 119 Å². The number of nitrogens with one attached hydrogen (secondary N) is 1. The summed E-state index contributed by atoms with van der Waals surface area (Å²) >= 11 is 0. The lowest BCUT2D eigenvalue weighted by atomic mass is 9.96. The molecule has 1 heterocycles. The summed E-state index contributed by atoms with van der Waals surface area (Å²) in [4.78, 5) is 35.5. The van der Waals surface area contributed by atoms with E-state index in [-0.39, 0.29) is 5.70 Å². The fraction of sp³-hybridized carbons (Fsp3) is 0.200. The molecule has 21 heavy (non-hydrogen) atoms. The number of hydrogen-bond donors (Lipinski definition) is 5. The Balaban J connectivity index is 2.47. The smallest absolute Gasteiger partial charge is 0.410 e. The first-order valence-corrected chi connectivity index (χ1v) is 8.65. The van der Waals surface area contributed by atoms with Gasteiger partial charge in [0.05, 0.1) is 5.70 Å². The van der Waals surface area contributed by atoms with Gasteiger partial charge in [-0.25, -0.2) is 9.13 Å². The maximum absolute atomic E-state index is 11.2. The van der Waals surface area contributed by atoms with E-state index in [0.29, 0.717) is 17.5 Å². The molecule has 0 saturated carbocycles. The summed E-state index contributed by atoms with van der Waals surface area (Å²) in [5.74, 6) is 0. The predicted octanol–water partition coefficient (Wildman–Crippen LogP) is 1.39. The van der Waals surface area contributed by atoms with Crippen molar-refractivity contribution in [2.75, 3.05) is 5.32 Å². The molecule has 1 aromatic carbocycles. The highest BCUT2D eigenvalue weighted by Crippen LogP contribution is 2.53. The van der Waals surface area contributed by atoms with Gasteiger partial charge in [-0.05, 0) is 13.0 Å². The highest BCUT2D eigenvalue weighted by molar-refractivity contribution is 7.46. The van der Waals surface area contributed by atoms with Crippen LogP contribution in [0.15, 0.2) is 36.2 Å². The van der Waals surface area contributed by atoms with Crippen LogP contribution in [-0.2, 0) is 23.8 Å². The number of fused-ring (bicyclic) bond motifs is 1. The third-order valence-electron chi connectivity index (χ3n) is 2.83. The van der Waals surface area contributed by atoms with E-state index in [9.17, 15) is 9.13 Å². The molecule has 0 amide bonds. The molecule has 5 N–H and O–H groups in total. The van der Waals surface area contributed by atoms with Gasteiger partial charge < -0.3 is 19.6 Å². The van der Waals surface area contributed by atoms with E-state index in [4.69, 9.17) is 24.1 Å². The minimum absolute atomic E-state index is 0.0460. The zero-order valence-electron chi connectivity index (χ0n) is 10.7. The lowest BCUT2D eigenvalue weighted by Crippen LogP contribution is -2.25. The molecule has 0 spiro atoms. The molecule has 0 bridgehead atoms. The van der Waals surface area contributed by atoms with E-state index >= 15 is 0 Å². The first-order chi connectivity index (χ1) is 9.51. The molecule has 0 aliphatic carbocycles. The first kappa shape index (κ1) is 16.2. The second kappa shape index (κ2) is 5.23. The van der Waals surface area contributed by atoms with Crippen LogP contribution in [-0.4, -0.2) is 19.6 Å². The minimum Gasteiger partial charge on any atom is -0.410 e. The molecule has 1 aliphatic rings. The van der Waals surface area contributed by atoms with E-state index in [1.165, 1.54) is 6.92 Å². The van der Waals surface area contributed by atoms with Crippen molar-refractivity contribution >= 4 is 21.3 Å². The second-order valence-electron chi connectivity index (χ2n) is 4.41. The molecule has 11 heteroatoms. The minimum atomic E-state index is -4.87. The molecule has 1 aliphatic heterocycles. The highest BCUT2D eigenvalue weighted by Gasteiger charge is 2.45. The molecular weight excluding hydrogens is 324 g/mol. The number of benzene rings is 1. The van der Waals surface area contributed by atoms with Crippen LogP contribution >= 0.6 is 15.6 Å². The Bertz CT molecular complexity index is 677. The van der Waals surface area contributed by atoms with Gasteiger partial charge in [0.1, 0.15) is 11.9 Å². The fourth-order valence-corrected chi connectivity index (χ4v) is 2.93. The number of para-hydroxylation sites is 1. The lowest BCUT2D eigenvalue weighted by Gasteiger charge is -2.26. The summed E-state index contributed by atoms with van der Waals surface area (Å²) in [5.41, 5.74) is -0.802. The molecule has 1 unspecified atom stereocenters. The topological polar surface area (TPSA) is 146 Å². The second-order valence-corrected chi connectivity index (χ2v) is 6.77. The Morgan fingerprint density at radius 1 is 1.14 bits per heavy atom. The monoisotopic (exact) mass is 337 g/mol. The Hall–Kier alpha value is -1.18. The molecule has 9 nitrogen and oxygen atoms in total. The Morgan fingerprint density at radius 2 is 1.76 bits per heavy atom. The normalized spacial score (nSPS) is 23.8. The average molecular weight is 337 g/mol. The van der Waals surface area contributed by atoms with Gasteiger partial charge in [0, 0.05) is 11.3 Å². The molecule has 0 aromatic heterocycles. The van der Waals surface area contributed by atoms with Gasteiger partial charge in [-0.15, -0.1) is 0 Å². The van der Waals surface area contributed by atoms with Gasteiger partial charge in [-0.1, -0.05) is 18.2 Å². The van der Waals surface area contributed by atoms with Crippen molar-refractivity contribution in [1.82, 2.24) is 0 Å². The van der Waals surface area contributed by atoms with Gasteiger partial charge in [0.15, 0.2) is 0 Å². The van der Waals surface area contributed by atoms with Crippen LogP contribution in [0.3, 0.4) is 0 Å². The van der Waals surface area contributed by atoms with E-state index in [1.807, 2.05) is 0 Å². The van der Waals surface area contributed by atoms with Gasteiger partial charge in [-0.3, -0.25) is 14.3 Å². The van der Waals surface area contributed by atoms with Crippen molar-refractivity contribution in [2.45, 2.75) is 12.5 Å². The molecular formula is C10H13NO8P2. The van der Waals surface area contributed by atoms with Crippen molar-refractivity contribution in [2.24, 2.45) is 0 Å². The lowest BCUT2D eigenvalue weighted by molar-refractivity contribution is 0.0811. The van der Waals surface area contributed by atoms with Crippen LogP contribution in [0.4, 0.5) is 5.69 Å². The summed E-state index contributed by atoms with van der Waals surface area (Å²) in [7, 11) is -9.66. The van der Waals surface area contributed by atoms with E-state index in [0.717, 1.165) is 0 Å². The van der Waals surface area contributed by atoms with Crippen molar-refractivity contribution in [3.63, 3.8) is 0 Å². The summed E-state index contributed by atoms with van der Waals surface area (Å²) in [6.45, 7) is 1.35. The average Bonchev–Trinajstić information content (AvgIpc) is 2.57. The van der Waals surface area contributed by atoms with Crippen molar-refractivity contribution < 1.29 is 37.8 Å². The van der Waals surface area contributed by atoms with Crippen molar-refractivity contribution in [3.05, 3.63) is 41.8 Å². The number of phosphoric ester groups is 2. The van der Waals surface area contributed by atoms with Crippen LogP contribution < -0.4 is 5.32 Å². The fourth-order valence-electron chi connectivity index (χ4n) is 2.02. The third kappa shape index (κ3) is 3.72. The van der Waals surface area contributed by atoms with Crippen LogP contribution in [0.25, 0.3) is 0 Å². The molecule has 2 rings (SSSR count). The zero-order chi connectivity index (χ0) is 15.9. The number of hydrogen-bond acceptors (Lipinski definition) is 5. The quantitative estimate of drug-likeness (QED) is 0.406. The van der Waals surface area contributed by atoms with Gasteiger partial charge in [-0.2, -0.15) is 0 Å². The van der Waals surface area contributed by atoms with Crippen LogP contribution in [0.1, 0.15) is 12.5 Å². The van der Waals surface area contributed by atoms with Crippen molar-refractivity contribution in [3.8, 4) is 0 Å². The van der Waals surface area contributed by atoms with Crippen LogP contribution in [0.2, 0.25) is 0 Å². The highest BCUT2D eigenvalue weighted by atomic mass is 31.2. The number of phosphoric acid groups is 2. The zero-order valence-corrected chi connectivity index (χ0v) is 12.5. The summed E-state index contributed by atoms with van der Waals surface area (Å²) in [5, 5.41) is 2.74. The van der Waals surface area contributed by atoms with E-state index in [2.05, 4.69) is 9.84 Å². The molecule has 116 valence electrons. The first-order valence-electron chi connectivity index (χ1n) is 5.59. The summed E-state index contributed by atoms with van der Waals surface area (Å²) in [6.07, 6.45) is 0.691. The largest absolute Gasteiger partial charge is 0.524 e. The van der Waals surface area contributed by atoms with Gasteiger partial charge in [0.2, 0.25) is 0 Å². The van der Waals surface area contributed by atoms with Gasteiger partial charge >= 0.3 is 15.6 Å². The maximum Gasteiger partial charge on any atom is 0.524 e. The van der Waals surface area contributed by atoms with E-state index in [1.54, 1.807) is 24.3 Å². The standard InChI is InChI=1S/C10H13NO8P2/c1-10(19-21(15,16)17)7-4-2-3-5-8(7)11-9(10)6-18-20(12,13)14/h2-6,11H,1H3,(H2,12,13,14)(H2,15,16,17)/b9-6-. The van der Waals surface area contributed by atoms with Crippen LogP contribution in [0.5, 0.6) is 0 Å². The molecule has 0 saturated heterocycles. The van der Waals surface area contributed by atoms with Crippen molar-refractivity contribution in [1.29, 1.82) is 0 Å². The Morgan fingerprint density at radius 3 is 2.33 bits per heavy atom. The van der Waals surface area contributed by atoms with E-state index < -0.39 is 21.2 Å². The molecule has 1 aromatic rings.